The highest BCUT2D eigenvalue weighted by molar-refractivity contribution is 6.04. The fourth-order valence-corrected chi connectivity index (χ4v) is 2.27. The number of aromatic amines is 1. The summed E-state index contributed by atoms with van der Waals surface area (Å²) in [6.45, 7) is 3.38. The molecule has 0 bridgehead atoms. The van der Waals surface area contributed by atoms with Crippen molar-refractivity contribution < 1.29 is 9.21 Å². The standard InChI is InChI=1S/C15H13NO2/c1-9-7-12(15(18-9)10(2)17)13-8-16-14-6-4-3-5-11(13)14/h3-8,16H,1-2H3. The number of H-pyrrole nitrogens is 1. The molecule has 0 radical (unpaired) electrons. The Morgan fingerprint density at radius 3 is 2.78 bits per heavy atom. The second kappa shape index (κ2) is 3.88. The second-order valence-electron chi connectivity index (χ2n) is 4.40. The average Bonchev–Trinajstić information content (AvgIpc) is 2.92. The maximum atomic E-state index is 11.6. The molecule has 0 saturated carbocycles. The molecule has 0 aliphatic heterocycles. The fourth-order valence-electron chi connectivity index (χ4n) is 2.27. The summed E-state index contributed by atoms with van der Waals surface area (Å²) in [5, 5.41) is 1.10. The smallest absolute Gasteiger partial charge is 0.195 e. The highest BCUT2D eigenvalue weighted by atomic mass is 16.3. The Morgan fingerprint density at radius 1 is 1.22 bits per heavy atom. The summed E-state index contributed by atoms with van der Waals surface area (Å²) in [5.41, 5.74) is 2.92. The van der Waals surface area contributed by atoms with Gasteiger partial charge in [-0.2, -0.15) is 0 Å². The molecular weight excluding hydrogens is 226 g/mol. The van der Waals surface area contributed by atoms with Crippen LogP contribution >= 0.6 is 0 Å². The SMILES string of the molecule is CC(=O)c1oc(C)cc1-c1c[nH]c2ccccc12. The van der Waals surface area contributed by atoms with Gasteiger partial charge in [-0.3, -0.25) is 4.79 Å². The summed E-state index contributed by atoms with van der Waals surface area (Å²) < 4.78 is 5.49. The average molecular weight is 239 g/mol. The summed E-state index contributed by atoms with van der Waals surface area (Å²) >= 11 is 0. The monoisotopic (exact) mass is 239 g/mol. The van der Waals surface area contributed by atoms with Gasteiger partial charge in [0.2, 0.25) is 0 Å². The van der Waals surface area contributed by atoms with E-state index in [1.165, 1.54) is 6.92 Å². The maximum Gasteiger partial charge on any atom is 0.195 e. The van der Waals surface area contributed by atoms with E-state index >= 15 is 0 Å². The molecule has 0 aliphatic carbocycles. The molecule has 0 amide bonds. The van der Waals surface area contributed by atoms with Crippen molar-refractivity contribution >= 4 is 16.7 Å². The van der Waals surface area contributed by atoms with Gasteiger partial charge < -0.3 is 9.40 Å². The van der Waals surface area contributed by atoms with Crippen LogP contribution < -0.4 is 0 Å². The lowest BCUT2D eigenvalue weighted by atomic mass is 10.0. The summed E-state index contributed by atoms with van der Waals surface area (Å²) in [5.74, 6) is 1.13. The van der Waals surface area contributed by atoms with Crippen LogP contribution in [0.5, 0.6) is 0 Å². The number of carbonyl (C=O) groups is 1. The van der Waals surface area contributed by atoms with E-state index in [1.54, 1.807) is 0 Å². The number of aryl methyl sites for hydroxylation is 1. The lowest BCUT2D eigenvalue weighted by Crippen LogP contribution is -1.91. The highest BCUT2D eigenvalue weighted by Crippen LogP contribution is 2.33. The van der Waals surface area contributed by atoms with E-state index in [9.17, 15) is 4.79 Å². The van der Waals surface area contributed by atoms with E-state index in [0.717, 1.165) is 27.8 Å². The Hall–Kier alpha value is -2.29. The summed E-state index contributed by atoms with van der Waals surface area (Å²) in [6, 6.07) is 9.92. The number of nitrogens with one attached hydrogen (secondary N) is 1. The first-order valence-electron chi connectivity index (χ1n) is 5.84. The van der Waals surface area contributed by atoms with E-state index in [4.69, 9.17) is 4.42 Å². The summed E-state index contributed by atoms with van der Waals surface area (Å²) in [7, 11) is 0. The van der Waals surface area contributed by atoms with Crippen LogP contribution in [0.2, 0.25) is 0 Å². The van der Waals surface area contributed by atoms with Crippen molar-refractivity contribution in [3.63, 3.8) is 0 Å². The van der Waals surface area contributed by atoms with Gasteiger partial charge in [0.1, 0.15) is 5.76 Å². The molecule has 0 fully saturated rings. The van der Waals surface area contributed by atoms with E-state index in [-0.39, 0.29) is 5.78 Å². The third-order valence-corrected chi connectivity index (χ3v) is 3.05. The third-order valence-electron chi connectivity index (χ3n) is 3.05. The first kappa shape index (κ1) is 10.8. The number of hydrogen-bond acceptors (Lipinski definition) is 2. The number of ketones is 1. The van der Waals surface area contributed by atoms with Crippen LogP contribution in [-0.4, -0.2) is 10.8 Å². The molecule has 3 rings (SSSR count). The van der Waals surface area contributed by atoms with Crippen molar-refractivity contribution in [1.29, 1.82) is 0 Å². The molecule has 1 aromatic carbocycles. The molecule has 3 aromatic rings. The van der Waals surface area contributed by atoms with Gasteiger partial charge in [0, 0.05) is 35.2 Å². The van der Waals surface area contributed by atoms with E-state index in [0.29, 0.717) is 5.76 Å². The van der Waals surface area contributed by atoms with Crippen LogP contribution in [0, 0.1) is 6.92 Å². The number of fused-ring (bicyclic) bond motifs is 1. The van der Waals surface area contributed by atoms with Crippen LogP contribution in [0.1, 0.15) is 23.2 Å². The lowest BCUT2D eigenvalue weighted by molar-refractivity contribution is 0.0987. The number of furan rings is 1. The number of hydrogen-bond donors (Lipinski definition) is 1. The minimum absolute atomic E-state index is 0.0524. The van der Waals surface area contributed by atoms with Gasteiger partial charge in [-0.25, -0.2) is 0 Å². The number of Topliss-reactive ketones (excluding diaryl/α,β-unsaturated/α-hetero) is 1. The maximum absolute atomic E-state index is 11.6. The van der Waals surface area contributed by atoms with E-state index in [2.05, 4.69) is 4.98 Å². The molecule has 1 N–H and O–H groups in total. The Balaban J connectivity index is 2.29. The zero-order valence-electron chi connectivity index (χ0n) is 10.3. The molecule has 90 valence electrons. The predicted octanol–water partition coefficient (Wildman–Crippen LogP) is 3.94. The minimum atomic E-state index is -0.0524. The molecule has 0 aliphatic rings. The van der Waals surface area contributed by atoms with Gasteiger partial charge in [0.05, 0.1) is 0 Å². The van der Waals surface area contributed by atoms with Crippen LogP contribution in [0.15, 0.2) is 40.9 Å². The van der Waals surface area contributed by atoms with Crippen LogP contribution in [0.3, 0.4) is 0 Å². The molecule has 3 nitrogen and oxygen atoms in total. The zero-order valence-corrected chi connectivity index (χ0v) is 10.3. The van der Waals surface area contributed by atoms with Crippen molar-refractivity contribution in [3.05, 3.63) is 48.0 Å². The molecular formula is C15H13NO2. The van der Waals surface area contributed by atoms with Crippen molar-refractivity contribution in [2.45, 2.75) is 13.8 Å². The largest absolute Gasteiger partial charge is 0.458 e. The van der Waals surface area contributed by atoms with Crippen molar-refractivity contribution in [2.75, 3.05) is 0 Å². The number of para-hydroxylation sites is 1. The van der Waals surface area contributed by atoms with Crippen LogP contribution in [0.25, 0.3) is 22.0 Å². The molecule has 0 unspecified atom stereocenters. The van der Waals surface area contributed by atoms with Gasteiger partial charge >= 0.3 is 0 Å². The van der Waals surface area contributed by atoms with Crippen LogP contribution in [0.4, 0.5) is 0 Å². The van der Waals surface area contributed by atoms with E-state index < -0.39 is 0 Å². The molecule has 0 spiro atoms. The Bertz CT molecular complexity index is 734. The van der Waals surface area contributed by atoms with Crippen molar-refractivity contribution in [1.82, 2.24) is 4.98 Å². The van der Waals surface area contributed by atoms with Gasteiger partial charge in [0.15, 0.2) is 11.5 Å². The number of benzene rings is 1. The minimum Gasteiger partial charge on any atom is -0.458 e. The van der Waals surface area contributed by atoms with E-state index in [1.807, 2.05) is 43.5 Å². The molecule has 18 heavy (non-hydrogen) atoms. The molecule has 2 heterocycles. The summed E-state index contributed by atoms with van der Waals surface area (Å²) in [4.78, 5) is 14.8. The second-order valence-corrected chi connectivity index (χ2v) is 4.40. The lowest BCUT2D eigenvalue weighted by Gasteiger charge is -1.97. The van der Waals surface area contributed by atoms with Gasteiger partial charge in [-0.05, 0) is 19.1 Å². The summed E-state index contributed by atoms with van der Waals surface area (Å²) in [6.07, 6.45) is 1.92. The van der Waals surface area contributed by atoms with Gasteiger partial charge in [0.25, 0.3) is 0 Å². The van der Waals surface area contributed by atoms with Gasteiger partial charge in [-0.1, -0.05) is 18.2 Å². The molecule has 0 atom stereocenters. The highest BCUT2D eigenvalue weighted by Gasteiger charge is 2.17. The van der Waals surface area contributed by atoms with Gasteiger partial charge in [-0.15, -0.1) is 0 Å². The number of rotatable bonds is 2. The quantitative estimate of drug-likeness (QED) is 0.688. The predicted molar refractivity (Wildman–Crippen MR) is 70.7 cm³/mol. The fraction of sp³-hybridized carbons (Fsp3) is 0.133. The molecule has 0 saturated heterocycles. The third kappa shape index (κ3) is 1.56. The molecule has 2 aromatic heterocycles. The van der Waals surface area contributed by atoms with Crippen molar-refractivity contribution in [3.8, 4) is 11.1 Å². The Morgan fingerprint density at radius 2 is 2.00 bits per heavy atom. The number of carbonyl (C=O) groups excluding carboxylic acids is 1. The number of aromatic nitrogens is 1. The molecule has 3 heteroatoms. The first-order valence-corrected chi connectivity index (χ1v) is 5.84. The Labute approximate surface area is 104 Å². The van der Waals surface area contributed by atoms with Crippen LogP contribution in [-0.2, 0) is 0 Å². The normalized spacial score (nSPS) is 11.0. The Kier molecular flexibility index (Phi) is 2.33. The van der Waals surface area contributed by atoms with Crippen molar-refractivity contribution in [2.24, 2.45) is 0 Å². The zero-order chi connectivity index (χ0) is 12.7. The topological polar surface area (TPSA) is 46.0 Å². The first-order chi connectivity index (χ1) is 8.66.